The summed E-state index contributed by atoms with van der Waals surface area (Å²) in [5, 5.41) is 22.6. The fraction of sp³-hybridized carbons (Fsp3) is 0.0435. The van der Waals surface area contributed by atoms with E-state index in [1.165, 1.54) is 37.5 Å². The molecule has 1 aliphatic rings. The van der Waals surface area contributed by atoms with Crippen molar-refractivity contribution in [3.63, 3.8) is 0 Å². The van der Waals surface area contributed by atoms with Gasteiger partial charge in [0.05, 0.1) is 33.6 Å². The summed E-state index contributed by atoms with van der Waals surface area (Å²) in [6, 6.07) is 13.4. The SMILES string of the molecule is COc1cccc(/C=C2\SC(=S)N(c3ccccc3F)C2=O)c1Oc1ccc([N+](=O)[O-])cc1[N+](=O)[O-]. The normalized spacial score (nSPS) is 14.3. The van der Waals surface area contributed by atoms with Crippen molar-refractivity contribution < 1.29 is 28.5 Å². The summed E-state index contributed by atoms with van der Waals surface area (Å²) in [5.74, 6) is -1.26. The maximum Gasteiger partial charge on any atom is 0.318 e. The minimum Gasteiger partial charge on any atom is -0.493 e. The third kappa shape index (κ3) is 4.74. The van der Waals surface area contributed by atoms with Crippen molar-refractivity contribution >= 4 is 57.3 Å². The zero-order valence-corrected chi connectivity index (χ0v) is 19.9. The van der Waals surface area contributed by atoms with E-state index >= 15 is 0 Å². The number of ether oxygens (including phenoxy) is 2. The van der Waals surface area contributed by atoms with Gasteiger partial charge in [-0.3, -0.25) is 29.9 Å². The Kier molecular flexibility index (Phi) is 6.94. The van der Waals surface area contributed by atoms with E-state index < -0.39 is 32.9 Å². The van der Waals surface area contributed by atoms with Crippen LogP contribution in [0.4, 0.5) is 21.5 Å². The fourth-order valence-electron chi connectivity index (χ4n) is 3.32. The smallest absolute Gasteiger partial charge is 0.318 e. The molecule has 10 nitrogen and oxygen atoms in total. The van der Waals surface area contributed by atoms with Gasteiger partial charge in [0.2, 0.25) is 5.75 Å². The molecule has 0 aromatic heterocycles. The predicted molar refractivity (Wildman–Crippen MR) is 135 cm³/mol. The number of hydrogen-bond acceptors (Lipinski definition) is 9. The number of carbonyl (C=O) groups is 1. The fourth-order valence-corrected chi connectivity index (χ4v) is 4.60. The van der Waals surface area contributed by atoms with E-state index in [-0.39, 0.29) is 32.2 Å². The van der Waals surface area contributed by atoms with Crippen molar-refractivity contribution in [2.45, 2.75) is 0 Å². The molecule has 13 heteroatoms. The van der Waals surface area contributed by atoms with Gasteiger partial charge >= 0.3 is 5.69 Å². The molecule has 0 saturated carbocycles. The van der Waals surface area contributed by atoms with E-state index in [0.717, 1.165) is 34.9 Å². The lowest BCUT2D eigenvalue weighted by atomic mass is 10.1. The zero-order chi connectivity index (χ0) is 26.0. The number of thiocarbonyl (C=S) groups is 1. The summed E-state index contributed by atoms with van der Waals surface area (Å²) in [7, 11) is 1.36. The molecule has 1 saturated heterocycles. The number of methoxy groups -OCH3 is 1. The minimum absolute atomic E-state index is 0.00650. The third-order valence-corrected chi connectivity index (χ3v) is 6.27. The molecule has 1 aliphatic heterocycles. The van der Waals surface area contributed by atoms with Crippen LogP contribution in [0.15, 0.2) is 65.6 Å². The van der Waals surface area contributed by atoms with Crippen molar-refractivity contribution in [2.75, 3.05) is 12.0 Å². The van der Waals surface area contributed by atoms with Gasteiger partial charge in [-0.1, -0.05) is 48.2 Å². The summed E-state index contributed by atoms with van der Waals surface area (Å²) in [6.07, 6.45) is 1.44. The van der Waals surface area contributed by atoms with Gasteiger partial charge in [0.25, 0.3) is 11.6 Å². The number of nitro groups is 2. The predicted octanol–water partition coefficient (Wildman–Crippen LogP) is 5.85. The lowest BCUT2D eigenvalue weighted by molar-refractivity contribution is -0.394. The Labute approximate surface area is 212 Å². The molecule has 182 valence electrons. The lowest BCUT2D eigenvalue weighted by Gasteiger charge is -2.15. The summed E-state index contributed by atoms with van der Waals surface area (Å²) in [6.45, 7) is 0. The number of amides is 1. The molecule has 1 fully saturated rings. The number of nitrogens with zero attached hydrogens (tertiary/aromatic N) is 3. The quantitative estimate of drug-likeness (QED) is 0.161. The van der Waals surface area contributed by atoms with Crippen LogP contribution in [0.25, 0.3) is 6.08 Å². The molecule has 0 N–H and O–H groups in total. The number of rotatable bonds is 7. The van der Waals surface area contributed by atoms with Crippen LogP contribution < -0.4 is 14.4 Å². The standard InChI is InChI=1S/C23H14FN3O7S2/c1-33-19-8-4-5-13(21(19)34-18-10-9-14(26(29)30)12-17(18)27(31)32)11-20-22(28)25(23(35)36-20)16-7-3-2-6-15(16)24/h2-12H,1H3/b20-11-. The maximum absolute atomic E-state index is 14.3. The highest BCUT2D eigenvalue weighted by Gasteiger charge is 2.35. The van der Waals surface area contributed by atoms with Gasteiger partial charge in [-0.25, -0.2) is 4.39 Å². The van der Waals surface area contributed by atoms with Crippen LogP contribution >= 0.6 is 24.0 Å². The number of halogens is 1. The van der Waals surface area contributed by atoms with Crippen LogP contribution in [0.2, 0.25) is 0 Å². The number of benzene rings is 3. The molecule has 0 atom stereocenters. The van der Waals surface area contributed by atoms with Gasteiger partial charge in [0.15, 0.2) is 15.8 Å². The van der Waals surface area contributed by atoms with Gasteiger partial charge in [-0.15, -0.1) is 0 Å². The Morgan fingerprint density at radius 1 is 1.03 bits per heavy atom. The first-order valence-corrected chi connectivity index (χ1v) is 11.2. The maximum atomic E-state index is 14.3. The highest BCUT2D eigenvalue weighted by molar-refractivity contribution is 8.27. The first-order valence-electron chi connectivity index (χ1n) is 10.0. The van der Waals surface area contributed by atoms with Crippen molar-refractivity contribution in [1.82, 2.24) is 0 Å². The number of nitro benzene ring substituents is 2. The van der Waals surface area contributed by atoms with E-state index in [0.29, 0.717) is 5.56 Å². The monoisotopic (exact) mass is 527 g/mol. The second-order valence-corrected chi connectivity index (χ2v) is 8.79. The van der Waals surface area contributed by atoms with Gasteiger partial charge in [-0.05, 0) is 30.3 Å². The molecule has 0 radical (unpaired) electrons. The highest BCUT2D eigenvalue weighted by atomic mass is 32.2. The number of non-ortho nitro benzene ring substituents is 1. The van der Waals surface area contributed by atoms with E-state index in [2.05, 4.69) is 0 Å². The third-order valence-electron chi connectivity index (χ3n) is 4.97. The molecule has 36 heavy (non-hydrogen) atoms. The molecule has 0 bridgehead atoms. The van der Waals surface area contributed by atoms with Gasteiger partial charge < -0.3 is 9.47 Å². The Morgan fingerprint density at radius 2 is 1.78 bits per heavy atom. The largest absolute Gasteiger partial charge is 0.493 e. The van der Waals surface area contributed by atoms with Crippen LogP contribution in [0.1, 0.15) is 5.56 Å². The summed E-state index contributed by atoms with van der Waals surface area (Å²) >= 11 is 6.24. The highest BCUT2D eigenvalue weighted by Crippen LogP contribution is 2.43. The molecular formula is C23H14FN3O7S2. The number of hydrogen-bond donors (Lipinski definition) is 0. The average Bonchev–Trinajstić information content (AvgIpc) is 3.12. The van der Waals surface area contributed by atoms with Crippen LogP contribution in [0, 0.1) is 26.0 Å². The molecule has 4 rings (SSSR count). The van der Waals surface area contributed by atoms with Crippen LogP contribution in [-0.2, 0) is 4.79 Å². The summed E-state index contributed by atoms with van der Waals surface area (Å²) in [5.41, 5.74) is -0.805. The second kappa shape index (κ2) is 10.1. The van der Waals surface area contributed by atoms with Crippen LogP contribution in [-0.4, -0.2) is 27.2 Å². The van der Waals surface area contributed by atoms with E-state index in [4.69, 9.17) is 21.7 Å². The first-order chi connectivity index (χ1) is 17.2. The number of thioether (sulfide) groups is 1. The summed E-state index contributed by atoms with van der Waals surface area (Å²) < 4.78 is 25.6. The average molecular weight is 528 g/mol. The van der Waals surface area contributed by atoms with Gasteiger partial charge in [-0.2, -0.15) is 0 Å². The van der Waals surface area contributed by atoms with Gasteiger partial charge in [0.1, 0.15) is 5.82 Å². The minimum atomic E-state index is -0.809. The van der Waals surface area contributed by atoms with Crippen molar-refractivity contribution in [1.29, 1.82) is 0 Å². The topological polar surface area (TPSA) is 125 Å². The number of para-hydroxylation sites is 2. The Morgan fingerprint density at radius 3 is 2.44 bits per heavy atom. The van der Waals surface area contributed by atoms with Crippen LogP contribution in [0.3, 0.4) is 0 Å². The molecular weight excluding hydrogens is 513 g/mol. The molecule has 3 aromatic carbocycles. The molecule has 1 heterocycles. The summed E-state index contributed by atoms with van der Waals surface area (Å²) in [4.78, 5) is 35.3. The molecule has 1 amide bonds. The zero-order valence-electron chi connectivity index (χ0n) is 18.2. The molecule has 0 aliphatic carbocycles. The Balaban J connectivity index is 1.76. The van der Waals surface area contributed by atoms with E-state index in [9.17, 15) is 29.4 Å². The molecule has 0 unspecified atom stereocenters. The van der Waals surface area contributed by atoms with E-state index in [1.807, 2.05) is 0 Å². The first kappa shape index (κ1) is 24.8. The molecule has 3 aromatic rings. The van der Waals surface area contributed by atoms with Crippen molar-refractivity contribution in [3.05, 3.63) is 97.2 Å². The lowest BCUT2D eigenvalue weighted by Crippen LogP contribution is -2.28. The van der Waals surface area contributed by atoms with Crippen molar-refractivity contribution in [2.24, 2.45) is 0 Å². The van der Waals surface area contributed by atoms with Gasteiger partial charge in [0, 0.05) is 11.6 Å². The molecule has 0 spiro atoms. The Hall–Kier alpha value is -4.36. The number of carbonyl (C=O) groups excluding carboxylic acids is 1. The second-order valence-electron chi connectivity index (χ2n) is 7.12. The Bertz CT molecular complexity index is 1460. The van der Waals surface area contributed by atoms with Crippen LogP contribution in [0.5, 0.6) is 17.2 Å². The van der Waals surface area contributed by atoms with E-state index in [1.54, 1.807) is 18.2 Å². The van der Waals surface area contributed by atoms with Crippen molar-refractivity contribution in [3.8, 4) is 17.2 Å². The number of anilines is 1.